The number of carboxylic acid groups (broad SMARTS) is 1. The summed E-state index contributed by atoms with van der Waals surface area (Å²) in [6.45, 7) is -0.590. The number of hydrogen-bond donors (Lipinski definition) is 2. The third kappa shape index (κ3) is 4.86. The van der Waals surface area contributed by atoms with E-state index in [0.717, 1.165) is 12.1 Å². The standard InChI is InChI=1S/C16H12N2O7/c19-14(17-12-3-1-2-11(8-12)15(20)21)9-25-16(22)10-4-6-13(7-5-10)18(23)24/h1-8H,9H2,(H,17,19)(H,20,21). The Morgan fingerprint density at radius 1 is 1.08 bits per heavy atom. The number of nitro benzene ring substituents is 1. The van der Waals surface area contributed by atoms with E-state index >= 15 is 0 Å². The molecule has 0 saturated heterocycles. The highest BCUT2D eigenvalue weighted by Crippen LogP contribution is 2.13. The lowest BCUT2D eigenvalue weighted by Gasteiger charge is -2.07. The lowest BCUT2D eigenvalue weighted by atomic mass is 10.2. The van der Waals surface area contributed by atoms with Gasteiger partial charge in [-0.2, -0.15) is 0 Å². The molecule has 9 heteroatoms. The Kier molecular flexibility index (Phi) is 5.41. The van der Waals surface area contributed by atoms with Gasteiger partial charge in [0.25, 0.3) is 11.6 Å². The first-order chi connectivity index (χ1) is 11.9. The van der Waals surface area contributed by atoms with E-state index in [1.165, 1.54) is 36.4 Å². The van der Waals surface area contributed by atoms with Crippen LogP contribution in [0.4, 0.5) is 11.4 Å². The van der Waals surface area contributed by atoms with Crippen LogP contribution < -0.4 is 5.32 Å². The maximum absolute atomic E-state index is 11.8. The first-order valence-corrected chi connectivity index (χ1v) is 6.91. The summed E-state index contributed by atoms with van der Waals surface area (Å²) in [6.07, 6.45) is 0. The van der Waals surface area contributed by atoms with Gasteiger partial charge >= 0.3 is 11.9 Å². The molecule has 128 valence electrons. The van der Waals surface area contributed by atoms with Gasteiger partial charge < -0.3 is 15.2 Å². The summed E-state index contributed by atoms with van der Waals surface area (Å²) < 4.78 is 4.80. The van der Waals surface area contributed by atoms with Crippen molar-refractivity contribution in [3.8, 4) is 0 Å². The van der Waals surface area contributed by atoms with Gasteiger partial charge in [0, 0.05) is 17.8 Å². The number of amides is 1. The van der Waals surface area contributed by atoms with E-state index in [0.29, 0.717) is 0 Å². The van der Waals surface area contributed by atoms with Gasteiger partial charge in [0.1, 0.15) is 0 Å². The molecule has 0 aromatic heterocycles. The minimum Gasteiger partial charge on any atom is -0.478 e. The fourth-order valence-electron chi connectivity index (χ4n) is 1.86. The topological polar surface area (TPSA) is 136 Å². The number of aromatic carboxylic acids is 1. The minimum absolute atomic E-state index is 0.000625. The number of nitrogens with one attached hydrogen (secondary N) is 1. The molecule has 0 bridgehead atoms. The van der Waals surface area contributed by atoms with Gasteiger partial charge in [0.2, 0.25) is 0 Å². The molecule has 2 aromatic carbocycles. The highest BCUT2D eigenvalue weighted by atomic mass is 16.6. The van der Waals surface area contributed by atoms with E-state index in [1.807, 2.05) is 0 Å². The Bertz CT molecular complexity index is 831. The van der Waals surface area contributed by atoms with Gasteiger partial charge in [-0.05, 0) is 30.3 Å². The largest absolute Gasteiger partial charge is 0.478 e. The zero-order valence-corrected chi connectivity index (χ0v) is 12.7. The van der Waals surface area contributed by atoms with Gasteiger partial charge in [-0.1, -0.05) is 6.07 Å². The highest BCUT2D eigenvalue weighted by Gasteiger charge is 2.13. The van der Waals surface area contributed by atoms with Crippen LogP contribution in [0.25, 0.3) is 0 Å². The number of carboxylic acids is 1. The average molecular weight is 344 g/mol. The number of non-ortho nitro benzene ring substituents is 1. The number of esters is 1. The zero-order chi connectivity index (χ0) is 18.4. The Morgan fingerprint density at radius 2 is 1.76 bits per heavy atom. The molecule has 0 saturated carbocycles. The van der Waals surface area contributed by atoms with Crippen LogP contribution >= 0.6 is 0 Å². The van der Waals surface area contributed by atoms with Crippen molar-refractivity contribution in [3.05, 3.63) is 69.8 Å². The number of rotatable bonds is 6. The summed E-state index contributed by atoms with van der Waals surface area (Å²) in [6, 6.07) is 10.3. The molecule has 0 unspecified atom stereocenters. The molecule has 0 radical (unpaired) electrons. The second-order valence-corrected chi connectivity index (χ2v) is 4.81. The van der Waals surface area contributed by atoms with E-state index in [-0.39, 0.29) is 22.5 Å². The molecule has 25 heavy (non-hydrogen) atoms. The van der Waals surface area contributed by atoms with Crippen LogP contribution in [-0.2, 0) is 9.53 Å². The van der Waals surface area contributed by atoms with Crippen molar-refractivity contribution in [1.29, 1.82) is 0 Å². The number of carbonyl (C=O) groups is 3. The fraction of sp³-hybridized carbons (Fsp3) is 0.0625. The summed E-state index contributed by atoms with van der Waals surface area (Å²) in [5.41, 5.74) is 0.135. The number of hydrogen-bond acceptors (Lipinski definition) is 6. The molecule has 1 amide bonds. The van der Waals surface area contributed by atoms with Crippen LogP contribution in [0.3, 0.4) is 0 Å². The van der Waals surface area contributed by atoms with Crippen molar-refractivity contribution in [2.24, 2.45) is 0 Å². The van der Waals surface area contributed by atoms with Crippen LogP contribution in [-0.4, -0.2) is 34.5 Å². The first-order valence-electron chi connectivity index (χ1n) is 6.91. The van der Waals surface area contributed by atoms with Gasteiger partial charge in [0.15, 0.2) is 6.61 Å². The molecule has 0 aliphatic heterocycles. The van der Waals surface area contributed by atoms with Gasteiger partial charge in [0.05, 0.1) is 16.1 Å². The smallest absolute Gasteiger partial charge is 0.338 e. The summed E-state index contributed by atoms with van der Waals surface area (Å²) in [5.74, 6) is -2.61. The van der Waals surface area contributed by atoms with Crippen molar-refractivity contribution in [1.82, 2.24) is 0 Å². The molecule has 0 aliphatic carbocycles. The second-order valence-electron chi connectivity index (χ2n) is 4.81. The van der Waals surface area contributed by atoms with Crippen molar-refractivity contribution in [2.75, 3.05) is 11.9 Å². The first kappa shape index (κ1) is 17.6. The maximum atomic E-state index is 11.8. The normalized spacial score (nSPS) is 9.92. The third-order valence-electron chi connectivity index (χ3n) is 3.04. The molecule has 0 aliphatic rings. The Hall–Kier alpha value is -3.75. The van der Waals surface area contributed by atoms with Crippen LogP contribution in [0.2, 0.25) is 0 Å². The van der Waals surface area contributed by atoms with E-state index in [9.17, 15) is 24.5 Å². The number of anilines is 1. The summed E-state index contributed by atoms with van der Waals surface area (Å²) in [5, 5.41) is 21.8. The molecule has 2 rings (SSSR count). The third-order valence-corrected chi connectivity index (χ3v) is 3.04. The van der Waals surface area contributed by atoms with Crippen LogP contribution in [0, 0.1) is 10.1 Å². The zero-order valence-electron chi connectivity index (χ0n) is 12.7. The molecule has 2 aromatic rings. The number of nitrogens with zero attached hydrogens (tertiary/aromatic N) is 1. The van der Waals surface area contributed by atoms with Crippen molar-refractivity contribution < 1.29 is 29.2 Å². The van der Waals surface area contributed by atoms with E-state index in [2.05, 4.69) is 5.32 Å². The average Bonchev–Trinajstić information content (AvgIpc) is 2.60. The summed E-state index contributed by atoms with van der Waals surface area (Å²) in [4.78, 5) is 44.3. The highest BCUT2D eigenvalue weighted by molar-refractivity contribution is 5.96. The molecule has 0 spiro atoms. The Labute approximate surface area is 141 Å². The van der Waals surface area contributed by atoms with E-state index < -0.39 is 29.4 Å². The summed E-state index contributed by atoms with van der Waals surface area (Å²) >= 11 is 0. The number of ether oxygens (including phenoxy) is 1. The van der Waals surface area contributed by atoms with Crippen LogP contribution in [0.15, 0.2) is 48.5 Å². The maximum Gasteiger partial charge on any atom is 0.338 e. The fourth-order valence-corrected chi connectivity index (χ4v) is 1.86. The predicted octanol–water partition coefficient (Wildman–Crippen LogP) is 2.09. The monoisotopic (exact) mass is 344 g/mol. The Balaban J connectivity index is 1.91. The lowest BCUT2D eigenvalue weighted by Crippen LogP contribution is -2.21. The predicted molar refractivity (Wildman–Crippen MR) is 85.4 cm³/mol. The van der Waals surface area contributed by atoms with E-state index in [1.54, 1.807) is 0 Å². The van der Waals surface area contributed by atoms with Crippen molar-refractivity contribution >= 4 is 29.2 Å². The minimum atomic E-state index is -1.14. The van der Waals surface area contributed by atoms with Gasteiger partial charge in [-0.15, -0.1) is 0 Å². The quantitative estimate of drug-likeness (QED) is 0.465. The van der Waals surface area contributed by atoms with Gasteiger partial charge in [-0.25, -0.2) is 9.59 Å². The number of nitro groups is 1. The van der Waals surface area contributed by atoms with Crippen molar-refractivity contribution in [2.45, 2.75) is 0 Å². The second kappa shape index (κ2) is 7.68. The van der Waals surface area contributed by atoms with Crippen LogP contribution in [0.5, 0.6) is 0 Å². The van der Waals surface area contributed by atoms with Gasteiger partial charge in [-0.3, -0.25) is 14.9 Å². The molecule has 0 atom stereocenters. The van der Waals surface area contributed by atoms with Crippen LogP contribution in [0.1, 0.15) is 20.7 Å². The molecule has 2 N–H and O–H groups in total. The Morgan fingerprint density at radius 3 is 2.36 bits per heavy atom. The number of benzene rings is 2. The van der Waals surface area contributed by atoms with Crippen molar-refractivity contribution in [3.63, 3.8) is 0 Å². The molecule has 0 heterocycles. The molecular weight excluding hydrogens is 332 g/mol. The number of carbonyl (C=O) groups excluding carboxylic acids is 2. The lowest BCUT2D eigenvalue weighted by molar-refractivity contribution is -0.384. The molecule has 0 fully saturated rings. The SMILES string of the molecule is O=C(COC(=O)c1ccc([N+](=O)[O-])cc1)Nc1cccc(C(=O)O)c1. The molecule has 9 nitrogen and oxygen atoms in total. The molecular formula is C16H12N2O7. The summed E-state index contributed by atoms with van der Waals surface area (Å²) in [7, 11) is 0. The van der Waals surface area contributed by atoms with E-state index in [4.69, 9.17) is 9.84 Å².